The Morgan fingerprint density at radius 2 is 2.18 bits per heavy atom. The molecule has 0 unspecified atom stereocenters. The highest BCUT2D eigenvalue weighted by Crippen LogP contribution is 2.38. The molecule has 3 rings (SSSR count). The van der Waals surface area contributed by atoms with Crippen LogP contribution in [0.1, 0.15) is 31.4 Å². The summed E-state index contributed by atoms with van der Waals surface area (Å²) in [6.07, 6.45) is 5.53. The Kier molecular flexibility index (Phi) is 4.41. The Morgan fingerprint density at radius 3 is 2.95 bits per heavy atom. The van der Waals surface area contributed by atoms with Crippen LogP contribution in [0, 0.1) is 11.8 Å². The number of aryl methyl sites for hydroxylation is 1. The van der Waals surface area contributed by atoms with Crippen LogP contribution in [-0.4, -0.2) is 41.3 Å². The van der Waals surface area contributed by atoms with E-state index in [0.717, 1.165) is 25.1 Å². The maximum absolute atomic E-state index is 12.4. The molecule has 2 amide bonds. The average Bonchev–Trinajstić information content (AvgIpc) is 2.95. The number of rotatable bonds is 4. The molecule has 1 saturated carbocycles. The zero-order chi connectivity index (χ0) is 15.5. The highest BCUT2D eigenvalue weighted by Gasteiger charge is 2.40. The van der Waals surface area contributed by atoms with E-state index in [9.17, 15) is 9.59 Å². The van der Waals surface area contributed by atoms with Crippen LogP contribution in [0.4, 0.5) is 0 Å². The first-order valence-corrected chi connectivity index (χ1v) is 8.05. The van der Waals surface area contributed by atoms with E-state index < -0.39 is 0 Å². The minimum absolute atomic E-state index is 0.158. The van der Waals surface area contributed by atoms with Crippen molar-refractivity contribution in [2.45, 2.75) is 38.1 Å². The maximum atomic E-state index is 12.4. The van der Waals surface area contributed by atoms with Crippen LogP contribution in [0.5, 0.6) is 0 Å². The normalized spacial score (nSPS) is 27.1. The number of carbonyl (C=O) groups is 2. The first kappa shape index (κ1) is 15.0. The predicted molar refractivity (Wildman–Crippen MR) is 83.0 cm³/mol. The summed E-state index contributed by atoms with van der Waals surface area (Å²) >= 11 is 0. The van der Waals surface area contributed by atoms with Gasteiger partial charge in [-0.05, 0) is 43.2 Å². The summed E-state index contributed by atoms with van der Waals surface area (Å²) in [4.78, 5) is 30.0. The number of hydrogen-bond donors (Lipinski definition) is 1. The second-order valence-corrected chi connectivity index (χ2v) is 6.48. The minimum Gasteiger partial charge on any atom is -0.356 e. The predicted octanol–water partition coefficient (Wildman–Crippen LogP) is 1.39. The van der Waals surface area contributed by atoms with Crippen LogP contribution >= 0.6 is 0 Å². The second-order valence-electron chi connectivity index (χ2n) is 6.48. The van der Waals surface area contributed by atoms with E-state index in [0.29, 0.717) is 31.1 Å². The number of piperidine rings is 1. The molecule has 1 aromatic heterocycles. The van der Waals surface area contributed by atoms with Crippen molar-refractivity contribution in [1.82, 2.24) is 15.2 Å². The SMILES string of the molecule is CN(C(=O)CCc1ccccn1)[C@H]1C[C@H]2CC(=O)NC[C@H]2C1. The van der Waals surface area contributed by atoms with Gasteiger partial charge >= 0.3 is 0 Å². The highest BCUT2D eigenvalue weighted by molar-refractivity contribution is 5.78. The number of nitrogens with zero attached hydrogens (tertiary/aromatic N) is 2. The molecule has 22 heavy (non-hydrogen) atoms. The lowest BCUT2D eigenvalue weighted by Gasteiger charge is -2.24. The van der Waals surface area contributed by atoms with Crippen LogP contribution in [0.3, 0.4) is 0 Å². The summed E-state index contributed by atoms with van der Waals surface area (Å²) in [5, 5.41) is 2.94. The lowest BCUT2D eigenvalue weighted by molar-refractivity contribution is -0.131. The molecule has 3 atom stereocenters. The lowest BCUT2D eigenvalue weighted by Crippen LogP contribution is -2.38. The van der Waals surface area contributed by atoms with E-state index in [-0.39, 0.29) is 17.9 Å². The molecule has 118 valence electrons. The van der Waals surface area contributed by atoms with Gasteiger partial charge in [0.1, 0.15) is 0 Å². The van der Waals surface area contributed by atoms with Crippen molar-refractivity contribution >= 4 is 11.8 Å². The van der Waals surface area contributed by atoms with Crippen molar-refractivity contribution in [2.24, 2.45) is 11.8 Å². The Balaban J connectivity index is 1.52. The van der Waals surface area contributed by atoms with Crippen LogP contribution < -0.4 is 5.32 Å². The molecule has 0 bridgehead atoms. The molecule has 5 heteroatoms. The van der Waals surface area contributed by atoms with Gasteiger partial charge in [0.2, 0.25) is 11.8 Å². The van der Waals surface area contributed by atoms with Crippen LogP contribution in [0.15, 0.2) is 24.4 Å². The number of pyridine rings is 1. The first-order valence-electron chi connectivity index (χ1n) is 8.05. The molecule has 1 aliphatic heterocycles. The average molecular weight is 301 g/mol. The molecule has 2 fully saturated rings. The Bertz CT molecular complexity index is 546. The lowest BCUT2D eigenvalue weighted by atomic mass is 9.89. The van der Waals surface area contributed by atoms with Gasteiger partial charge in [-0.25, -0.2) is 0 Å². The fourth-order valence-electron chi connectivity index (χ4n) is 3.71. The molecule has 1 aromatic rings. The van der Waals surface area contributed by atoms with Gasteiger partial charge < -0.3 is 10.2 Å². The molecule has 1 aliphatic carbocycles. The molecule has 0 radical (unpaired) electrons. The van der Waals surface area contributed by atoms with Crippen molar-refractivity contribution < 1.29 is 9.59 Å². The summed E-state index contributed by atoms with van der Waals surface area (Å²) < 4.78 is 0. The number of amides is 2. The fourth-order valence-corrected chi connectivity index (χ4v) is 3.71. The fraction of sp³-hybridized carbons (Fsp3) is 0.588. The molecular formula is C17H23N3O2. The molecule has 2 heterocycles. The van der Waals surface area contributed by atoms with E-state index in [4.69, 9.17) is 0 Å². The molecule has 5 nitrogen and oxygen atoms in total. The van der Waals surface area contributed by atoms with Crippen molar-refractivity contribution in [1.29, 1.82) is 0 Å². The topological polar surface area (TPSA) is 62.3 Å². The van der Waals surface area contributed by atoms with Gasteiger partial charge in [-0.1, -0.05) is 6.07 Å². The Labute approximate surface area is 131 Å². The minimum atomic E-state index is 0.158. The third kappa shape index (κ3) is 3.29. The van der Waals surface area contributed by atoms with E-state index in [1.807, 2.05) is 30.1 Å². The molecule has 1 saturated heterocycles. The van der Waals surface area contributed by atoms with Crippen molar-refractivity contribution in [3.8, 4) is 0 Å². The third-order valence-corrected chi connectivity index (χ3v) is 5.09. The Hall–Kier alpha value is -1.91. The van der Waals surface area contributed by atoms with Crippen molar-refractivity contribution in [3.63, 3.8) is 0 Å². The summed E-state index contributed by atoms with van der Waals surface area (Å²) in [5.74, 6) is 1.32. The van der Waals surface area contributed by atoms with Crippen LogP contribution in [0.25, 0.3) is 0 Å². The smallest absolute Gasteiger partial charge is 0.222 e. The van der Waals surface area contributed by atoms with Gasteiger partial charge in [0, 0.05) is 44.4 Å². The first-order chi connectivity index (χ1) is 10.6. The number of aromatic nitrogens is 1. The molecular weight excluding hydrogens is 278 g/mol. The second kappa shape index (κ2) is 6.46. The van der Waals surface area contributed by atoms with Gasteiger partial charge in [0.25, 0.3) is 0 Å². The Morgan fingerprint density at radius 1 is 1.36 bits per heavy atom. The van der Waals surface area contributed by atoms with Crippen molar-refractivity contribution in [3.05, 3.63) is 30.1 Å². The van der Waals surface area contributed by atoms with Gasteiger partial charge in [-0.15, -0.1) is 0 Å². The monoisotopic (exact) mass is 301 g/mol. The van der Waals surface area contributed by atoms with Crippen molar-refractivity contribution in [2.75, 3.05) is 13.6 Å². The number of nitrogens with one attached hydrogen (secondary N) is 1. The summed E-state index contributed by atoms with van der Waals surface area (Å²) in [7, 11) is 1.90. The number of hydrogen-bond acceptors (Lipinski definition) is 3. The molecule has 1 N–H and O–H groups in total. The maximum Gasteiger partial charge on any atom is 0.222 e. The number of carbonyl (C=O) groups excluding carboxylic acids is 2. The van der Waals surface area contributed by atoms with E-state index in [2.05, 4.69) is 10.3 Å². The van der Waals surface area contributed by atoms with Gasteiger partial charge in [0.05, 0.1) is 0 Å². The summed E-state index contributed by atoms with van der Waals surface area (Å²) in [6, 6.07) is 6.06. The van der Waals surface area contributed by atoms with Crippen LogP contribution in [-0.2, 0) is 16.0 Å². The van der Waals surface area contributed by atoms with Crippen LogP contribution in [0.2, 0.25) is 0 Å². The summed E-state index contributed by atoms with van der Waals surface area (Å²) in [5.41, 5.74) is 0.958. The van der Waals surface area contributed by atoms with E-state index >= 15 is 0 Å². The zero-order valence-corrected chi connectivity index (χ0v) is 13.0. The van der Waals surface area contributed by atoms with Gasteiger partial charge in [0.15, 0.2) is 0 Å². The standard InChI is InChI=1S/C17H23N3O2/c1-20(17(22)6-5-14-4-2-3-7-18-14)15-8-12-10-16(21)19-11-13(12)9-15/h2-4,7,12-13,15H,5-6,8-11H2,1H3,(H,19,21)/t12-,13+,15-/m0/s1. The van der Waals surface area contributed by atoms with Gasteiger partial charge in [-0.3, -0.25) is 14.6 Å². The van der Waals surface area contributed by atoms with E-state index in [1.54, 1.807) is 6.20 Å². The molecule has 2 aliphatic rings. The summed E-state index contributed by atoms with van der Waals surface area (Å²) in [6.45, 7) is 0.774. The number of fused-ring (bicyclic) bond motifs is 1. The third-order valence-electron chi connectivity index (χ3n) is 5.09. The zero-order valence-electron chi connectivity index (χ0n) is 13.0. The largest absolute Gasteiger partial charge is 0.356 e. The highest BCUT2D eigenvalue weighted by atomic mass is 16.2. The van der Waals surface area contributed by atoms with E-state index in [1.165, 1.54) is 0 Å². The molecule has 0 aromatic carbocycles. The quantitative estimate of drug-likeness (QED) is 0.914. The molecule has 0 spiro atoms. The van der Waals surface area contributed by atoms with Gasteiger partial charge in [-0.2, -0.15) is 0 Å².